The number of carbonyl (C=O) groups excluding carboxylic acids is 1. The number of hydrogen-bond acceptors (Lipinski definition) is 5. The minimum Gasteiger partial charge on any atom is -0.462 e. The summed E-state index contributed by atoms with van der Waals surface area (Å²) in [6.07, 6.45) is 2.32. The van der Waals surface area contributed by atoms with Gasteiger partial charge in [-0.1, -0.05) is 24.6 Å². The smallest absolute Gasteiger partial charge is 0.341 e. The third kappa shape index (κ3) is 3.99. The molecule has 0 spiro atoms. The molecule has 146 valence electrons. The van der Waals surface area contributed by atoms with Crippen LogP contribution in [-0.2, 0) is 11.2 Å². The lowest BCUT2D eigenvalue weighted by Crippen LogP contribution is -2.17. The van der Waals surface area contributed by atoms with Gasteiger partial charge in [-0.05, 0) is 45.4 Å². The maximum absolute atomic E-state index is 12.8. The first-order valence-corrected chi connectivity index (χ1v) is 9.98. The van der Waals surface area contributed by atoms with Crippen LogP contribution in [0.4, 0.5) is 5.00 Å². The van der Waals surface area contributed by atoms with Crippen LogP contribution in [0, 0.1) is 13.8 Å². The molecule has 0 aliphatic rings. The SMILES string of the molecule is CCOC(=O)c1cc(CC)sc1N=Cc1c(C)[nH]n(-c2ccc(C)cc2)c1=O. The van der Waals surface area contributed by atoms with Gasteiger partial charge in [0.2, 0.25) is 0 Å². The summed E-state index contributed by atoms with van der Waals surface area (Å²) in [5.74, 6) is -0.395. The number of aliphatic imine (C=N–C) groups is 1. The van der Waals surface area contributed by atoms with E-state index in [2.05, 4.69) is 10.1 Å². The van der Waals surface area contributed by atoms with E-state index in [4.69, 9.17) is 4.74 Å². The van der Waals surface area contributed by atoms with Gasteiger partial charge in [-0.2, -0.15) is 0 Å². The molecular formula is C21H23N3O3S. The van der Waals surface area contributed by atoms with Crippen molar-refractivity contribution in [2.24, 2.45) is 4.99 Å². The number of hydrogen-bond donors (Lipinski definition) is 1. The van der Waals surface area contributed by atoms with Gasteiger partial charge in [0.15, 0.2) is 0 Å². The zero-order chi connectivity index (χ0) is 20.3. The molecule has 0 atom stereocenters. The Labute approximate surface area is 167 Å². The zero-order valence-electron chi connectivity index (χ0n) is 16.4. The highest BCUT2D eigenvalue weighted by atomic mass is 32.1. The Morgan fingerprint density at radius 3 is 2.61 bits per heavy atom. The third-order valence-corrected chi connectivity index (χ3v) is 5.51. The number of benzene rings is 1. The van der Waals surface area contributed by atoms with Crippen LogP contribution in [0.5, 0.6) is 0 Å². The van der Waals surface area contributed by atoms with Crippen molar-refractivity contribution in [1.82, 2.24) is 9.78 Å². The van der Waals surface area contributed by atoms with Crippen LogP contribution >= 0.6 is 11.3 Å². The molecule has 0 aliphatic heterocycles. The van der Waals surface area contributed by atoms with E-state index in [0.717, 1.165) is 22.5 Å². The summed E-state index contributed by atoms with van der Waals surface area (Å²) in [5.41, 5.74) is 3.30. The fourth-order valence-corrected chi connectivity index (χ4v) is 3.69. The number of aromatic amines is 1. The number of ether oxygens (including phenoxy) is 1. The molecular weight excluding hydrogens is 374 g/mol. The minimum atomic E-state index is -0.395. The standard InChI is InChI=1S/C21H23N3O3S/c1-5-16-11-17(21(26)27-6-2)19(28-16)22-12-18-14(4)23-24(20(18)25)15-9-7-13(3)8-10-15/h7-12,23H,5-6H2,1-4H3. The highest BCUT2D eigenvalue weighted by Gasteiger charge is 2.17. The van der Waals surface area contributed by atoms with Crippen molar-refractivity contribution in [3.8, 4) is 5.69 Å². The fourth-order valence-electron chi connectivity index (χ4n) is 2.77. The molecule has 0 fully saturated rings. The normalized spacial score (nSPS) is 11.3. The van der Waals surface area contributed by atoms with Crippen LogP contribution in [0.3, 0.4) is 0 Å². The molecule has 3 rings (SSSR count). The summed E-state index contributed by atoms with van der Waals surface area (Å²) in [5, 5.41) is 3.64. The van der Waals surface area contributed by atoms with Crippen molar-refractivity contribution < 1.29 is 9.53 Å². The number of esters is 1. The first-order chi connectivity index (χ1) is 13.4. The minimum absolute atomic E-state index is 0.185. The van der Waals surface area contributed by atoms with Gasteiger partial charge in [0, 0.05) is 16.8 Å². The molecule has 2 aromatic heterocycles. The Morgan fingerprint density at radius 2 is 1.96 bits per heavy atom. The first-order valence-electron chi connectivity index (χ1n) is 9.17. The Bertz CT molecular complexity index is 1070. The topological polar surface area (TPSA) is 76.4 Å². The van der Waals surface area contributed by atoms with Crippen molar-refractivity contribution in [3.63, 3.8) is 0 Å². The molecule has 1 aromatic carbocycles. The van der Waals surface area contributed by atoms with E-state index in [1.165, 1.54) is 22.2 Å². The molecule has 0 saturated carbocycles. The average Bonchev–Trinajstić information content (AvgIpc) is 3.22. The lowest BCUT2D eigenvalue weighted by atomic mass is 10.2. The molecule has 0 radical (unpaired) electrons. The molecule has 0 bridgehead atoms. The highest BCUT2D eigenvalue weighted by molar-refractivity contribution is 7.16. The first kappa shape index (κ1) is 19.8. The number of aryl methyl sites for hydroxylation is 3. The van der Waals surface area contributed by atoms with Crippen molar-refractivity contribution in [2.75, 3.05) is 6.61 Å². The van der Waals surface area contributed by atoms with E-state index in [9.17, 15) is 9.59 Å². The van der Waals surface area contributed by atoms with Crippen LogP contribution in [-0.4, -0.2) is 28.6 Å². The van der Waals surface area contributed by atoms with Gasteiger partial charge in [-0.15, -0.1) is 11.3 Å². The molecule has 1 N–H and O–H groups in total. The summed E-state index contributed by atoms with van der Waals surface area (Å²) >= 11 is 1.43. The molecule has 0 aliphatic carbocycles. The van der Waals surface area contributed by atoms with E-state index >= 15 is 0 Å². The molecule has 3 aromatic rings. The van der Waals surface area contributed by atoms with E-state index in [0.29, 0.717) is 28.4 Å². The molecule has 28 heavy (non-hydrogen) atoms. The van der Waals surface area contributed by atoms with Gasteiger partial charge < -0.3 is 4.74 Å². The number of thiophene rings is 1. The predicted molar refractivity (Wildman–Crippen MR) is 113 cm³/mol. The third-order valence-electron chi connectivity index (χ3n) is 4.33. The summed E-state index contributed by atoms with van der Waals surface area (Å²) in [7, 11) is 0. The summed E-state index contributed by atoms with van der Waals surface area (Å²) in [4.78, 5) is 30.5. The number of carbonyl (C=O) groups is 1. The van der Waals surface area contributed by atoms with Crippen LogP contribution in [0.1, 0.15) is 45.9 Å². The van der Waals surface area contributed by atoms with Crippen LogP contribution < -0.4 is 5.56 Å². The summed E-state index contributed by atoms with van der Waals surface area (Å²) < 4.78 is 6.61. The maximum atomic E-state index is 12.8. The van der Waals surface area contributed by atoms with Gasteiger partial charge in [0.1, 0.15) is 5.00 Å². The molecule has 0 unspecified atom stereocenters. The largest absolute Gasteiger partial charge is 0.462 e. The summed E-state index contributed by atoms with van der Waals surface area (Å²) in [6, 6.07) is 9.49. The van der Waals surface area contributed by atoms with Crippen molar-refractivity contribution in [3.05, 3.63) is 67.9 Å². The van der Waals surface area contributed by atoms with Crippen molar-refractivity contribution in [2.45, 2.75) is 34.1 Å². The average molecular weight is 398 g/mol. The van der Waals surface area contributed by atoms with Gasteiger partial charge in [0.05, 0.1) is 23.4 Å². The number of aromatic nitrogens is 2. The maximum Gasteiger partial charge on any atom is 0.341 e. The van der Waals surface area contributed by atoms with Gasteiger partial charge in [-0.3, -0.25) is 9.89 Å². The highest BCUT2D eigenvalue weighted by Crippen LogP contribution is 2.32. The second-order valence-electron chi connectivity index (χ2n) is 6.39. The molecule has 0 saturated heterocycles. The quantitative estimate of drug-likeness (QED) is 0.497. The lowest BCUT2D eigenvalue weighted by molar-refractivity contribution is 0.0528. The second-order valence-corrected chi connectivity index (χ2v) is 7.51. The molecule has 0 amide bonds. The lowest BCUT2D eigenvalue weighted by Gasteiger charge is -2.01. The zero-order valence-corrected chi connectivity index (χ0v) is 17.2. The number of rotatable bonds is 6. The fraction of sp³-hybridized carbons (Fsp3) is 0.286. The predicted octanol–water partition coefficient (Wildman–Crippen LogP) is 4.33. The molecule has 7 heteroatoms. The van der Waals surface area contributed by atoms with Gasteiger partial charge >= 0.3 is 5.97 Å². The Kier molecular flexibility index (Phi) is 5.94. The van der Waals surface area contributed by atoms with Crippen LogP contribution in [0.2, 0.25) is 0 Å². The van der Waals surface area contributed by atoms with Crippen LogP contribution in [0.15, 0.2) is 40.1 Å². The molecule has 2 heterocycles. The number of H-pyrrole nitrogens is 1. The monoisotopic (exact) mass is 397 g/mol. The van der Waals surface area contributed by atoms with Crippen LogP contribution in [0.25, 0.3) is 5.69 Å². The Hall–Kier alpha value is -2.93. The van der Waals surface area contributed by atoms with E-state index in [1.807, 2.05) is 51.1 Å². The van der Waals surface area contributed by atoms with Crippen molar-refractivity contribution >= 4 is 28.5 Å². The number of nitrogens with one attached hydrogen (secondary N) is 1. The van der Waals surface area contributed by atoms with Gasteiger partial charge in [-0.25, -0.2) is 14.5 Å². The Morgan fingerprint density at radius 1 is 1.25 bits per heavy atom. The summed E-state index contributed by atoms with van der Waals surface area (Å²) in [6.45, 7) is 7.91. The van der Waals surface area contributed by atoms with E-state index in [-0.39, 0.29) is 5.56 Å². The van der Waals surface area contributed by atoms with Gasteiger partial charge in [0.25, 0.3) is 5.56 Å². The molecule has 6 nitrogen and oxygen atoms in total. The van der Waals surface area contributed by atoms with E-state index in [1.54, 1.807) is 6.92 Å². The number of nitrogens with zero attached hydrogens (tertiary/aromatic N) is 2. The second kappa shape index (κ2) is 8.39. The van der Waals surface area contributed by atoms with Crippen molar-refractivity contribution in [1.29, 1.82) is 0 Å². The van der Waals surface area contributed by atoms with E-state index < -0.39 is 5.97 Å². The Balaban J connectivity index is 1.97.